The monoisotopic (exact) mass is 431 g/mol. The summed E-state index contributed by atoms with van der Waals surface area (Å²) in [5.41, 5.74) is 6.13. The van der Waals surface area contributed by atoms with Crippen molar-refractivity contribution in [2.75, 3.05) is 26.5 Å². The number of β-lactam (4-membered cyclic amide) rings is 1. The number of nitrogens with zero attached hydrogens (tertiary/aromatic N) is 2. The van der Waals surface area contributed by atoms with Gasteiger partial charge in [-0.1, -0.05) is 0 Å². The zero-order chi connectivity index (χ0) is 21.9. The fourth-order valence-electron chi connectivity index (χ4n) is 2.54. The van der Waals surface area contributed by atoms with Gasteiger partial charge in [-0.25, -0.2) is 14.4 Å². The molecule has 162 valence electrons. The highest BCUT2D eigenvalue weighted by molar-refractivity contribution is 8.00. The summed E-state index contributed by atoms with van der Waals surface area (Å²) in [5, 5.41) is -0.416. The van der Waals surface area contributed by atoms with E-state index in [1.807, 2.05) is 0 Å². The Labute approximate surface area is 172 Å². The molecule has 0 aromatic rings. The van der Waals surface area contributed by atoms with Crippen molar-refractivity contribution < 1.29 is 38.1 Å². The van der Waals surface area contributed by atoms with Crippen molar-refractivity contribution >= 4 is 35.9 Å². The largest absolute Gasteiger partial charge is 0.511 e. The van der Waals surface area contributed by atoms with Gasteiger partial charge in [0.1, 0.15) is 23.7 Å². The van der Waals surface area contributed by atoms with E-state index in [2.05, 4.69) is 0 Å². The summed E-state index contributed by atoms with van der Waals surface area (Å²) in [7, 11) is 3.04. The second kappa shape index (κ2) is 9.35. The molecule has 29 heavy (non-hydrogen) atoms. The Morgan fingerprint density at radius 3 is 2.45 bits per heavy atom. The maximum Gasteiger partial charge on any atom is 0.511 e. The average Bonchev–Trinajstić information content (AvgIpc) is 2.63. The minimum absolute atomic E-state index is 0.0558. The minimum atomic E-state index is -1.26. The summed E-state index contributed by atoms with van der Waals surface area (Å²) < 4.78 is 20.0. The Hall–Kier alpha value is -2.47. The van der Waals surface area contributed by atoms with Gasteiger partial charge in [0.2, 0.25) is 12.2 Å². The molecular formula is C17H25N3O8S. The molecule has 1 fully saturated rings. The maximum absolute atomic E-state index is 12.7. The Bertz CT molecular complexity index is 723. The third-order valence-corrected chi connectivity index (χ3v) is 5.24. The van der Waals surface area contributed by atoms with Crippen LogP contribution < -0.4 is 5.73 Å². The van der Waals surface area contributed by atoms with E-state index in [1.165, 1.54) is 42.6 Å². The molecule has 2 heterocycles. The maximum atomic E-state index is 12.7. The van der Waals surface area contributed by atoms with Crippen molar-refractivity contribution in [3.63, 3.8) is 0 Å². The molecule has 3 atom stereocenters. The predicted molar refractivity (Wildman–Crippen MR) is 101 cm³/mol. The van der Waals surface area contributed by atoms with Crippen LogP contribution in [0.2, 0.25) is 0 Å². The normalized spacial score (nSPS) is 21.8. The molecule has 2 unspecified atom stereocenters. The highest BCUT2D eigenvalue weighted by Gasteiger charge is 2.52. The first-order chi connectivity index (χ1) is 13.5. The molecule has 0 aliphatic carbocycles. The smallest absolute Gasteiger partial charge is 0.445 e. The van der Waals surface area contributed by atoms with Gasteiger partial charge < -0.3 is 29.6 Å². The summed E-state index contributed by atoms with van der Waals surface area (Å²) in [6.07, 6.45) is -3.25. The van der Waals surface area contributed by atoms with Crippen LogP contribution in [-0.4, -0.2) is 84.2 Å². The Morgan fingerprint density at radius 1 is 1.21 bits per heavy atom. The molecule has 0 radical (unpaired) electrons. The lowest BCUT2D eigenvalue weighted by atomic mass is 10.0. The van der Waals surface area contributed by atoms with Crippen LogP contribution in [0.1, 0.15) is 20.8 Å². The number of hydrogen-bond acceptors (Lipinski definition) is 10. The number of ether oxygens (including phenoxy) is 4. The van der Waals surface area contributed by atoms with Crippen molar-refractivity contribution in [3.05, 3.63) is 11.3 Å². The standard InChI is InChI=1S/C17H25N3O8S/c1-8(2)26-17(24)28-9(3)27-15(22)12-10(6-25-16(23)19(4)5)7-29-14-11(18)13(21)20(12)14/h8-9,11,14H,6-7,18H2,1-5H3/t9?,11?,14-/m1/s1. The molecule has 0 spiro atoms. The van der Waals surface area contributed by atoms with E-state index in [0.29, 0.717) is 11.3 Å². The molecule has 2 aliphatic rings. The zero-order valence-electron chi connectivity index (χ0n) is 16.9. The molecule has 12 heteroatoms. The molecule has 0 aromatic carbocycles. The minimum Gasteiger partial charge on any atom is -0.445 e. The highest BCUT2D eigenvalue weighted by atomic mass is 32.2. The molecule has 0 saturated carbocycles. The number of amides is 2. The first-order valence-electron chi connectivity index (χ1n) is 8.87. The Morgan fingerprint density at radius 2 is 1.86 bits per heavy atom. The van der Waals surface area contributed by atoms with Crippen LogP contribution in [0.25, 0.3) is 0 Å². The molecular weight excluding hydrogens is 406 g/mol. The van der Waals surface area contributed by atoms with E-state index in [0.717, 1.165) is 0 Å². The zero-order valence-corrected chi connectivity index (χ0v) is 17.7. The van der Waals surface area contributed by atoms with Crippen LogP contribution in [0.4, 0.5) is 9.59 Å². The Kier molecular flexibility index (Phi) is 7.36. The van der Waals surface area contributed by atoms with E-state index >= 15 is 0 Å². The van der Waals surface area contributed by atoms with Crippen LogP contribution in [-0.2, 0) is 28.5 Å². The molecule has 0 bridgehead atoms. The summed E-state index contributed by atoms with van der Waals surface area (Å²) in [4.78, 5) is 50.7. The van der Waals surface area contributed by atoms with Crippen LogP contribution in [0.15, 0.2) is 11.3 Å². The summed E-state index contributed by atoms with van der Waals surface area (Å²) in [6.45, 7) is 4.42. The molecule has 2 rings (SSSR count). The van der Waals surface area contributed by atoms with Crippen molar-refractivity contribution in [1.82, 2.24) is 9.80 Å². The first-order valence-corrected chi connectivity index (χ1v) is 9.92. The molecule has 11 nitrogen and oxygen atoms in total. The molecule has 2 amide bonds. The van der Waals surface area contributed by atoms with E-state index in [9.17, 15) is 19.2 Å². The van der Waals surface area contributed by atoms with Crippen molar-refractivity contribution in [3.8, 4) is 0 Å². The number of thioether (sulfide) groups is 1. The van der Waals surface area contributed by atoms with Gasteiger partial charge in [0.05, 0.1) is 6.10 Å². The lowest BCUT2D eigenvalue weighted by Gasteiger charge is -2.48. The second-order valence-corrected chi connectivity index (χ2v) is 7.95. The molecule has 0 aromatic heterocycles. The third-order valence-electron chi connectivity index (χ3n) is 3.88. The average molecular weight is 431 g/mol. The highest BCUT2D eigenvalue weighted by Crippen LogP contribution is 2.40. The van der Waals surface area contributed by atoms with Crippen molar-refractivity contribution in [2.45, 2.75) is 44.6 Å². The van der Waals surface area contributed by atoms with Gasteiger partial charge in [-0.05, 0) is 13.8 Å². The predicted octanol–water partition coefficient (Wildman–Crippen LogP) is 0.632. The van der Waals surface area contributed by atoms with Crippen LogP contribution in [0.3, 0.4) is 0 Å². The SMILES string of the molecule is CC(C)OC(=O)OC(C)OC(=O)C1=C(COC(=O)N(C)C)CS[C@@H]2C(N)C(=O)N12. The topological polar surface area (TPSA) is 138 Å². The lowest BCUT2D eigenvalue weighted by Crippen LogP contribution is -2.68. The van der Waals surface area contributed by atoms with Gasteiger partial charge in [0, 0.05) is 32.3 Å². The van der Waals surface area contributed by atoms with Gasteiger partial charge in [0.15, 0.2) is 0 Å². The number of esters is 1. The molecule has 1 saturated heterocycles. The van der Waals surface area contributed by atoms with Crippen LogP contribution >= 0.6 is 11.8 Å². The summed E-state index contributed by atoms with van der Waals surface area (Å²) in [5.74, 6) is -1.02. The lowest BCUT2D eigenvalue weighted by molar-refractivity contribution is -0.169. The van der Waals surface area contributed by atoms with Gasteiger partial charge in [0.25, 0.3) is 0 Å². The fraction of sp³-hybridized carbons (Fsp3) is 0.647. The number of fused-ring (bicyclic) bond motifs is 1. The van der Waals surface area contributed by atoms with E-state index in [4.69, 9.17) is 24.7 Å². The number of carbonyl (C=O) groups is 4. The van der Waals surface area contributed by atoms with Gasteiger partial charge in [-0.2, -0.15) is 0 Å². The van der Waals surface area contributed by atoms with Crippen molar-refractivity contribution in [2.24, 2.45) is 5.73 Å². The summed E-state index contributed by atoms with van der Waals surface area (Å²) >= 11 is 1.35. The quantitative estimate of drug-likeness (QED) is 0.276. The number of hydrogen-bond donors (Lipinski definition) is 1. The number of carbonyl (C=O) groups excluding carboxylic acids is 4. The molecule has 2 N–H and O–H groups in total. The van der Waals surface area contributed by atoms with E-state index < -0.39 is 47.9 Å². The fourth-order valence-corrected chi connectivity index (χ4v) is 3.82. The van der Waals surface area contributed by atoms with Crippen LogP contribution in [0.5, 0.6) is 0 Å². The summed E-state index contributed by atoms with van der Waals surface area (Å²) in [6, 6.07) is -0.733. The first kappa shape index (κ1) is 22.8. The number of nitrogens with two attached hydrogens (primary N) is 1. The third kappa shape index (κ3) is 5.32. The van der Waals surface area contributed by atoms with Gasteiger partial charge in [-0.3, -0.25) is 9.69 Å². The van der Waals surface area contributed by atoms with Gasteiger partial charge >= 0.3 is 18.2 Å². The van der Waals surface area contributed by atoms with E-state index in [-0.39, 0.29) is 12.3 Å². The molecule has 2 aliphatic heterocycles. The van der Waals surface area contributed by atoms with Crippen molar-refractivity contribution in [1.29, 1.82) is 0 Å². The van der Waals surface area contributed by atoms with Gasteiger partial charge in [-0.15, -0.1) is 11.8 Å². The number of rotatable bonds is 6. The van der Waals surface area contributed by atoms with E-state index in [1.54, 1.807) is 13.8 Å². The Balaban J connectivity index is 2.14. The second-order valence-electron chi connectivity index (χ2n) is 6.84. The van der Waals surface area contributed by atoms with Crippen LogP contribution in [0, 0.1) is 0 Å².